The fraction of sp³-hybridized carbons (Fsp3) is 0.333. The quantitative estimate of drug-likeness (QED) is 0.750. The van der Waals surface area contributed by atoms with Crippen molar-refractivity contribution in [3.8, 4) is 11.6 Å². The fourth-order valence-electron chi connectivity index (χ4n) is 3.47. The lowest BCUT2D eigenvalue weighted by molar-refractivity contribution is -0.0274. The van der Waals surface area contributed by atoms with E-state index in [9.17, 15) is 5.11 Å². The van der Waals surface area contributed by atoms with Gasteiger partial charge in [-0.2, -0.15) is 0 Å². The molecule has 3 aromatic rings. The van der Waals surface area contributed by atoms with E-state index in [1.165, 1.54) is 0 Å². The number of nitrogens with zero attached hydrogens (tertiary/aromatic N) is 3. The fourth-order valence-corrected chi connectivity index (χ4v) is 3.47. The molecule has 1 aromatic carbocycles. The number of aliphatic hydroxyl groups is 1. The number of benzene rings is 1. The lowest BCUT2D eigenvalue weighted by Gasteiger charge is -2.36. The summed E-state index contributed by atoms with van der Waals surface area (Å²) in [4.78, 5) is 10.7. The molecule has 27 heavy (non-hydrogen) atoms. The Hall–Kier alpha value is -2.70. The van der Waals surface area contributed by atoms with Gasteiger partial charge in [-0.25, -0.2) is 4.98 Å². The van der Waals surface area contributed by atoms with E-state index < -0.39 is 6.10 Å². The zero-order valence-electron chi connectivity index (χ0n) is 15.3. The highest BCUT2D eigenvalue weighted by Crippen LogP contribution is 2.24. The van der Waals surface area contributed by atoms with Crippen LogP contribution in [0.5, 0.6) is 11.6 Å². The number of hydrogen-bond donors (Lipinski definition) is 1. The number of fused-ring (bicyclic) bond motifs is 1. The van der Waals surface area contributed by atoms with Gasteiger partial charge in [-0.15, -0.1) is 0 Å². The van der Waals surface area contributed by atoms with E-state index in [0.717, 1.165) is 41.7 Å². The van der Waals surface area contributed by atoms with Crippen LogP contribution in [0.2, 0.25) is 0 Å². The SMILES string of the molecule is COc1cc(CN2CC[C@@H](Oc3ccc4cccnc4c3)[C@H](O)C2)ccn1. The topological polar surface area (TPSA) is 67.7 Å². The lowest BCUT2D eigenvalue weighted by Crippen LogP contribution is -2.48. The van der Waals surface area contributed by atoms with Crippen LogP contribution in [0.25, 0.3) is 10.9 Å². The van der Waals surface area contributed by atoms with Gasteiger partial charge >= 0.3 is 0 Å². The second-order valence-corrected chi connectivity index (χ2v) is 6.81. The second-order valence-electron chi connectivity index (χ2n) is 6.81. The summed E-state index contributed by atoms with van der Waals surface area (Å²) < 4.78 is 11.2. The van der Waals surface area contributed by atoms with Gasteiger partial charge in [0.05, 0.1) is 12.6 Å². The van der Waals surface area contributed by atoms with Crippen molar-refractivity contribution < 1.29 is 14.6 Å². The predicted octanol–water partition coefficient (Wildman–Crippen LogP) is 2.65. The van der Waals surface area contributed by atoms with Crippen molar-refractivity contribution >= 4 is 10.9 Å². The Morgan fingerprint density at radius 2 is 2.07 bits per heavy atom. The summed E-state index contributed by atoms with van der Waals surface area (Å²) in [5.41, 5.74) is 2.02. The van der Waals surface area contributed by atoms with Gasteiger partial charge in [-0.05, 0) is 36.2 Å². The minimum Gasteiger partial charge on any atom is -0.488 e. The third kappa shape index (κ3) is 4.18. The van der Waals surface area contributed by atoms with Crippen molar-refractivity contribution in [2.45, 2.75) is 25.2 Å². The van der Waals surface area contributed by atoms with Crippen LogP contribution in [0.4, 0.5) is 0 Å². The van der Waals surface area contributed by atoms with Crippen LogP contribution in [0.1, 0.15) is 12.0 Å². The molecule has 1 saturated heterocycles. The number of hydrogen-bond acceptors (Lipinski definition) is 6. The van der Waals surface area contributed by atoms with Crippen molar-refractivity contribution in [1.29, 1.82) is 0 Å². The van der Waals surface area contributed by atoms with Gasteiger partial charge in [0.25, 0.3) is 0 Å². The Morgan fingerprint density at radius 1 is 1.15 bits per heavy atom. The monoisotopic (exact) mass is 365 g/mol. The zero-order valence-corrected chi connectivity index (χ0v) is 15.3. The van der Waals surface area contributed by atoms with E-state index in [2.05, 4.69) is 14.9 Å². The molecule has 1 aliphatic rings. The molecule has 0 saturated carbocycles. The molecule has 6 heteroatoms. The van der Waals surface area contributed by atoms with Gasteiger partial charge in [-0.3, -0.25) is 9.88 Å². The summed E-state index contributed by atoms with van der Waals surface area (Å²) >= 11 is 0. The Bertz CT molecular complexity index is 918. The smallest absolute Gasteiger partial charge is 0.213 e. The standard InChI is InChI=1S/C21H23N3O3/c1-26-21-11-15(6-9-23-21)13-24-10-7-20(19(25)14-24)27-17-5-4-16-3-2-8-22-18(16)12-17/h2-6,8-9,11-12,19-20,25H,7,10,13-14H2,1H3/t19-,20-/m1/s1. The van der Waals surface area contributed by atoms with Crippen molar-refractivity contribution in [2.75, 3.05) is 20.2 Å². The van der Waals surface area contributed by atoms with Crippen LogP contribution < -0.4 is 9.47 Å². The molecule has 0 bridgehead atoms. The first kappa shape index (κ1) is 17.7. The maximum Gasteiger partial charge on any atom is 0.213 e. The van der Waals surface area contributed by atoms with Crippen LogP contribution in [-0.2, 0) is 6.54 Å². The van der Waals surface area contributed by atoms with Gasteiger partial charge in [-0.1, -0.05) is 6.07 Å². The Balaban J connectivity index is 1.37. The molecule has 2 atom stereocenters. The number of β-amino-alcohol motifs (C(OH)–C–C–N with tert-alkyl or cyclic N) is 1. The molecule has 4 rings (SSSR count). The molecule has 1 N–H and O–H groups in total. The molecule has 3 heterocycles. The molecule has 0 amide bonds. The number of ether oxygens (including phenoxy) is 2. The minimum absolute atomic E-state index is 0.214. The zero-order chi connectivity index (χ0) is 18.6. The van der Waals surface area contributed by atoms with Gasteiger partial charge < -0.3 is 14.6 Å². The Morgan fingerprint density at radius 3 is 2.93 bits per heavy atom. The Labute approximate surface area is 158 Å². The van der Waals surface area contributed by atoms with Crippen LogP contribution in [0.15, 0.2) is 54.9 Å². The van der Waals surface area contributed by atoms with E-state index >= 15 is 0 Å². The van der Waals surface area contributed by atoms with Gasteiger partial charge in [0.15, 0.2) is 0 Å². The van der Waals surface area contributed by atoms with Crippen LogP contribution in [0.3, 0.4) is 0 Å². The molecule has 0 unspecified atom stereocenters. The first-order valence-electron chi connectivity index (χ1n) is 9.12. The maximum absolute atomic E-state index is 10.6. The highest BCUT2D eigenvalue weighted by Gasteiger charge is 2.29. The average Bonchev–Trinajstić information content (AvgIpc) is 2.70. The third-order valence-electron chi connectivity index (χ3n) is 4.88. The summed E-state index contributed by atoms with van der Waals surface area (Å²) in [6.07, 6.45) is 3.53. The number of rotatable bonds is 5. The number of piperidine rings is 1. The number of aliphatic hydroxyl groups excluding tert-OH is 1. The number of likely N-dealkylation sites (tertiary alicyclic amines) is 1. The summed E-state index contributed by atoms with van der Waals surface area (Å²) in [7, 11) is 1.61. The summed E-state index contributed by atoms with van der Waals surface area (Å²) in [6, 6.07) is 13.7. The van der Waals surface area contributed by atoms with Gasteiger partial charge in [0.2, 0.25) is 5.88 Å². The Kier molecular flexibility index (Phi) is 5.18. The molecule has 0 spiro atoms. The van der Waals surface area contributed by atoms with Crippen molar-refractivity contribution in [1.82, 2.24) is 14.9 Å². The van der Waals surface area contributed by atoms with Gasteiger partial charge in [0.1, 0.15) is 18.0 Å². The molecule has 2 aromatic heterocycles. The summed E-state index contributed by atoms with van der Waals surface area (Å²) in [5, 5.41) is 11.7. The maximum atomic E-state index is 10.6. The van der Waals surface area contributed by atoms with Crippen LogP contribution >= 0.6 is 0 Å². The van der Waals surface area contributed by atoms with E-state index in [4.69, 9.17) is 9.47 Å². The average molecular weight is 365 g/mol. The van der Waals surface area contributed by atoms with E-state index in [1.54, 1.807) is 19.5 Å². The molecular formula is C21H23N3O3. The lowest BCUT2D eigenvalue weighted by atomic mass is 10.0. The molecule has 1 fully saturated rings. The molecule has 0 radical (unpaired) electrons. The molecule has 0 aliphatic carbocycles. The van der Waals surface area contributed by atoms with Crippen molar-refractivity contribution in [2.24, 2.45) is 0 Å². The number of pyridine rings is 2. The van der Waals surface area contributed by atoms with E-state index in [1.807, 2.05) is 42.5 Å². The molecule has 6 nitrogen and oxygen atoms in total. The number of aromatic nitrogens is 2. The first-order valence-corrected chi connectivity index (χ1v) is 9.12. The first-order chi connectivity index (χ1) is 13.2. The third-order valence-corrected chi connectivity index (χ3v) is 4.88. The largest absolute Gasteiger partial charge is 0.488 e. The highest BCUT2D eigenvalue weighted by molar-refractivity contribution is 5.79. The van der Waals surface area contributed by atoms with Crippen LogP contribution in [-0.4, -0.2) is 52.4 Å². The molecular weight excluding hydrogens is 342 g/mol. The summed E-state index contributed by atoms with van der Waals surface area (Å²) in [6.45, 7) is 2.18. The van der Waals surface area contributed by atoms with Crippen molar-refractivity contribution in [3.63, 3.8) is 0 Å². The van der Waals surface area contributed by atoms with Crippen molar-refractivity contribution in [3.05, 3.63) is 60.4 Å². The molecule has 140 valence electrons. The predicted molar refractivity (Wildman–Crippen MR) is 103 cm³/mol. The van der Waals surface area contributed by atoms with E-state index in [0.29, 0.717) is 12.4 Å². The molecule has 1 aliphatic heterocycles. The second kappa shape index (κ2) is 7.90. The normalized spacial score (nSPS) is 20.5. The highest BCUT2D eigenvalue weighted by atomic mass is 16.5. The number of methoxy groups -OCH3 is 1. The minimum atomic E-state index is -0.540. The van der Waals surface area contributed by atoms with Gasteiger partial charge in [0, 0.05) is 49.5 Å². The summed E-state index contributed by atoms with van der Waals surface area (Å²) in [5.74, 6) is 1.36. The van der Waals surface area contributed by atoms with E-state index in [-0.39, 0.29) is 6.10 Å². The van der Waals surface area contributed by atoms with Crippen LogP contribution in [0, 0.1) is 0 Å².